The van der Waals surface area contributed by atoms with Crippen molar-refractivity contribution in [2.45, 2.75) is 13.0 Å². The van der Waals surface area contributed by atoms with Crippen molar-refractivity contribution in [1.29, 1.82) is 0 Å². The van der Waals surface area contributed by atoms with E-state index in [1.54, 1.807) is 12.1 Å². The summed E-state index contributed by atoms with van der Waals surface area (Å²) in [6.07, 6.45) is 0. The number of benzene rings is 2. The van der Waals surface area contributed by atoms with E-state index in [4.69, 9.17) is 11.6 Å². The Balaban J connectivity index is 1.56. The Kier molecular flexibility index (Phi) is 5.56. The highest BCUT2D eigenvalue weighted by molar-refractivity contribution is 6.33. The summed E-state index contributed by atoms with van der Waals surface area (Å²) in [5, 5.41) is 3.58. The van der Waals surface area contributed by atoms with Crippen molar-refractivity contribution >= 4 is 28.9 Å². The first-order valence-electron chi connectivity index (χ1n) is 8.34. The molecule has 25 heavy (non-hydrogen) atoms. The smallest absolute Gasteiger partial charge is 0.241 e. The van der Waals surface area contributed by atoms with Crippen molar-refractivity contribution < 1.29 is 9.18 Å². The summed E-state index contributed by atoms with van der Waals surface area (Å²) in [7, 11) is 0. The van der Waals surface area contributed by atoms with Gasteiger partial charge in [0.05, 0.1) is 16.8 Å². The molecule has 1 atom stereocenters. The Morgan fingerprint density at radius 3 is 2.36 bits per heavy atom. The molecule has 0 unspecified atom stereocenters. The summed E-state index contributed by atoms with van der Waals surface area (Å²) >= 11 is 6.26. The molecule has 3 rings (SSSR count). The lowest BCUT2D eigenvalue weighted by atomic mass is 10.2. The van der Waals surface area contributed by atoms with Crippen LogP contribution in [0.1, 0.15) is 6.92 Å². The van der Waals surface area contributed by atoms with Gasteiger partial charge in [0.15, 0.2) is 0 Å². The first-order valence-corrected chi connectivity index (χ1v) is 8.72. The molecule has 1 fully saturated rings. The fraction of sp³-hybridized carbons (Fsp3) is 0.316. The zero-order chi connectivity index (χ0) is 17.8. The highest BCUT2D eigenvalue weighted by Gasteiger charge is 2.26. The Morgan fingerprint density at radius 2 is 1.72 bits per heavy atom. The van der Waals surface area contributed by atoms with Crippen LogP contribution >= 0.6 is 11.6 Å². The van der Waals surface area contributed by atoms with Crippen LogP contribution in [0.25, 0.3) is 0 Å². The molecule has 1 heterocycles. The first-order chi connectivity index (χ1) is 12.0. The highest BCUT2D eigenvalue weighted by atomic mass is 35.5. The van der Waals surface area contributed by atoms with Gasteiger partial charge in [-0.25, -0.2) is 4.39 Å². The van der Waals surface area contributed by atoms with Gasteiger partial charge in [-0.3, -0.25) is 9.69 Å². The summed E-state index contributed by atoms with van der Waals surface area (Å²) in [6, 6.07) is 13.4. The molecular formula is C19H21ClFN3O. The van der Waals surface area contributed by atoms with Gasteiger partial charge in [0.1, 0.15) is 5.82 Å². The summed E-state index contributed by atoms with van der Waals surface area (Å²) < 4.78 is 12.9. The van der Waals surface area contributed by atoms with E-state index >= 15 is 0 Å². The lowest BCUT2D eigenvalue weighted by Crippen LogP contribution is -2.52. The molecule has 1 aliphatic heterocycles. The zero-order valence-electron chi connectivity index (χ0n) is 14.1. The van der Waals surface area contributed by atoms with Gasteiger partial charge in [0.2, 0.25) is 5.91 Å². The number of carbonyl (C=O) groups is 1. The van der Waals surface area contributed by atoms with E-state index in [-0.39, 0.29) is 17.8 Å². The Hall–Kier alpha value is -2.11. The predicted octanol–water partition coefficient (Wildman–Crippen LogP) is 3.63. The lowest BCUT2D eigenvalue weighted by Gasteiger charge is -2.38. The number of halogens is 2. The van der Waals surface area contributed by atoms with Crippen molar-refractivity contribution in [3.8, 4) is 0 Å². The average molecular weight is 362 g/mol. The average Bonchev–Trinajstić information content (AvgIpc) is 2.63. The molecular weight excluding hydrogens is 341 g/mol. The molecule has 132 valence electrons. The van der Waals surface area contributed by atoms with Gasteiger partial charge >= 0.3 is 0 Å². The quantitative estimate of drug-likeness (QED) is 0.903. The third-order valence-electron chi connectivity index (χ3n) is 4.55. The molecule has 6 heteroatoms. The number of hydrogen-bond acceptors (Lipinski definition) is 3. The molecule has 1 N–H and O–H groups in total. The van der Waals surface area contributed by atoms with E-state index in [9.17, 15) is 9.18 Å². The second-order valence-electron chi connectivity index (χ2n) is 6.15. The van der Waals surface area contributed by atoms with Gasteiger partial charge in [-0.2, -0.15) is 0 Å². The van der Waals surface area contributed by atoms with E-state index in [1.807, 2.05) is 31.2 Å². The van der Waals surface area contributed by atoms with E-state index in [0.29, 0.717) is 5.69 Å². The summed E-state index contributed by atoms with van der Waals surface area (Å²) in [5.74, 6) is -0.403. The Bertz CT molecular complexity index is 730. The van der Waals surface area contributed by atoms with Crippen molar-refractivity contribution in [3.05, 3.63) is 59.4 Å². The topological polar surface area (TPSA) is 35.6 Å². The molecule has 2 aromatic carbocycles. The van der Waals surface area contributed by atoms with Gasteiger partial charge in [0.25, 0.3) is 0 Å². The first kappa shape index (κ1) is 17.7. The highest BCUT2D eigenvalue weighted by Crippen LogP contribution is 2.26. The number of amides is 1. The number of anilines is 2. The molecule has 0 spiro atoms. The molecule has 0 saturated carbocycles. The Morgan fingerprint density at radius 1 is 1.08 bits per heavy atom. The minimum Gasteiger partial charge on any atom is -0.368 e. The van der Waals surface area contributed by atoms with Gasteiger partial charge in [-0.15, -0.1) is 0 Å². The van der Waals surface area contributed by atoms with E-state index < -0.39 is 0 Å². The molecule has 0 aliphatic carbocycles. The molecule has 1 saturated heterocycles. The van der Waals surface area contributed by atoms with Crippen LogP contribution in [-0.2, 0) is 4.79 Å². The third kappa shape index (κ3) is 4.30. The molecule has 1 amide bonds. The number of piperazine rings is 1. The van der Waals surface area contributed by atoms with Crippen LogP contribution in [0.5, 0.6) is 0 Å². The maximum Gasteiger partial charge on any atom is 0.241 e. The SMILES string of the molecule is C[C@H](C(=O)Nc1ccc(F)cc1)N1CCN(c2ccccc2Cl)CC1. The monoisotopic (exact) mass is 361 g/mol. The van der Waals surface area contributed by atoms with Crippen LogP contribution in [-0.4, -0.2) is 43.0 Å². The van der Waals surface area contributed by atoms with E-state index in [0.717, 1.165) is 36.9 Å². The standard InChI is InChI=1S/C19H21ClFN3O/c1-14(19(25)22-16-8-6-15(21)7-9-16)23-10-12-24(13-11-23)18-5-3-2-4-17(18)20/h2-9,14H,10-13H2,1H3,(H,22,25)/t14-/m1/s1. The number of nitrogens with zero attached hydrogens (tertiary/aromatic N) is 2. The summed E-state index contributed by atoms with van der Waals surface area (Å²) in [5.41, 5.74) is 1.64. The van der Waals surface area contributed by atoms with Crippen LogP contribution in [0.3, 0.4) is 0 Å². The fourth-order valence-electron chi connectivity index (χ4n) is 3.00. The van der Waals surface area contributed by atoms with Crippen LogP contribution in [0.15, 0.2) is 48.5 Å². The molecule has 0 radical (unpaired) electrons. The lowest BCUT2D eigenvalue weighted by molar-refractivity contribution is -0.120. The van der Waals surface area contributed by atoms with Gasteiger partial charge in [-0.05, 0) is 43.3 Å². The van der Waals surface area contributed by atoms with E-state index in [1.165, 1.54) is 12.1 Å². The number of rotatable bonds is 4. The summed E-state index contributed by atoms with van der Waals surface area (Å²) in [4.78, 5) is 16.8. The van der Waals surface area contributed by atoms with Gasteiger partial charge in [0, 0.05) is 31.9 Å². The largest absolute Gasteiger partial charge is 0.368 e. The molecule has 2 aromatic rings. The normalized spacial score (nSPS) is 16.5. The maximum absolute atomic E-state index is 12.9. The predicted molar refractivity (Wildman–Crippen MR) is 99.7 cm³/mol. The maximum atomic E-state index is 12.9. The van der Waals surface area contributed by atoms with Crippen LogP contribution in [0.2, 0.25) is 5.02 Å². The van der Waals surface area contributed by atoms with Crippen molar-refractivity contribution in [2.75, 3.05) is 36.4 Å². The second-order valence-corrected chi connectivity index (χ2v) is 6.55. The third-order valence-corrected chi connectivity index (χ3v) is 4.87. The number of hydrogen-bond donors (Lipinski definition) is 1. The number of carbonyl (C=O) groups excluding carboxylic acids is 1. The fourth-order valence-corrected chi connectivity index (χ4v) is 3.26. The summed E-state index contributed by atoms with van der Waals surface area (Å²) in [6.45, 7) is 5.09. The van der Waals surface area contributed by atoms with Gasteiger partial charge < -0.3 is 10.2 Å². The van der Waals surface area contributed by atoms with Crippen molar-refractivity contribution in [3.63, 3.8) is 0 Å². The Labute approximate surface area is 152 Å². The van der Waals surface area contributed by atoms with Crippen molar-refractivity contribution in [1.82, 2.24) is 4.90 Å². The minimum absolute atomic E-state index is 0.0854. The molecule has 0 aromatic heterocycles. The van der Waals surface area contributed by atoms with Crippen LogP contribution < -0.4 is 10.2 Å². The van der Waals surface area contributed by atoms with E-state index in [2.05, 4.69) is 15.1 Å². The molecule has 4 nitrogen and oxygen atoms in total. The van der Waals surface area contributed by atoms with Crippen LogP contribution in [0, 0.1) is 5.82 Å². The van der Waals surface area contributed by atoms with Gasteiger partial charge in [-0.1, -0.05) is 23.7 Å². The number of para-hydroxylation sites is 1. The second kappa shape index (κ2) is 7.85. The van der Waals surface area contributed by atoms with Crippen molar-refractivity contribution in [2.24, 2.45) is 0 Å². The number of nitrogens with one attached hydrogen (secondary N) is 1. The molecule has 1 aliphatic rings. The zero-order valence-corrected chi connectivity index (χ0v) is 14.8. The van der Waals surface area contributed by atoms with Crippen LogP contribution in [0.4, 0.5) is 15.8 Å². The molecule has 0 bridgehead atoms. The minimum atomic E-state index is -0.318.